The number of nitrogens with one attached hydrogen (secondary N) is 1. The van der Waals surface area contributed by atoms with Gasteiger partial charge in [-0.3, -0.25) is 14.8 Å². The predicted molar refractivity (Wildman–Crippen MR) is 66.8 cm³/mol. The van der Waals surface area contributed by atoms with Gasteiger partial charge in [0.15, 0.2) is 11.1 Å². The molecule has 0 saturated carbocycles. The molecule has 0 spiro atoms. The second-order valence-electron chi connectivity index (χ2n) is 4.46. The van der Waals surface area contributed by atoms with E-state index in [0.717, 1.165) is 45.1 Å². The zero-order valence-corrected chi connectivity index (χ0v) is 10.1. The lowest BCUT2D eigenvalue weighted by molar-refractivity contribution is 0.0382. The van der Waals surface area contributed by atoms with Gasteiger partial charge in [0.25, 0.3) is 0 Å². The number of ether oxygens (including phenoxy) is 1. The molecule has 0 amide bonds. The van der Waals surface area contributed by atoms with Gasteiger partial charge in [-0.1, -0.05) is 0 Å². The molecule has 2 aromatic rings. The number of fused-ring (bicyclic) bond motifs is 1. The van der Waals surface area contributed by atoms with Gasteiger partial charge in [0.2, 0.25) is 0 Å². The number of morpholine rings is 1. The largest absolute Gasteiger partial charge is 0.379 e. The third-order valence-corrected chi connectivity index (χ3v) is 3.17. The van der Waals surface area contributed by atoms with Crippen LogP contribution in [0.2, 0.25) is 0 Å². The molecule has 1 aliphatic heterocycles. The summed E-state index contributed by atoms with van der Waals surface area (Å²) in [7, 11) is 0. The van der Waals surface area contributed by atoms with Crippen LogP contribution in [0.1, 0.15) is 5.82 Å². The van der Waals surface area contributed by atoms with Crippen LogP contribution in [0.15, 0.2) is 23.1 Å². The van der Waals surface area contributed by atoms with Crippen LogP contribution >= 0.6 is 0 Å². The Morgan fingerprint density at radius 1 is 1.39 bits per heavy atom. The minimum atomic E-state index is -0.0128. The van der Waals surface area contributed by atoms with E-state index in [1.54, 1.807) is 10.7 Å². The topological polar surface area (TPSA) is 62.6 Å². The molecule has 96 valence electrons. The third kappa shape index (κ3) is 2.44. The fourth-order valence-electron chi connectivity index (χ4n) is 2.15. The summed E-state index contributed by atoms with van der Waals surface area (Å²) in [6.45, 7) is 4.56. The Labute approximate surface area is 104 Å². The van der Waals surface area contributed by atoms with Crippen molar-refractivity contribution in [3.05, 3.63) is 34.4 Å². The van der Waals surface area contributed by atoms with E-state index in [2.05, 4.69) is 15.0 Å². The summed E-state index contributed by atoms with van der Waals surface area (Å²) >= 11 is 0. The highest BCUT2D eigenvalue weighted by Crippen LogP contribution is 2.02. The molecule has 18 heavy (non-hydrogen) atoms. The first-order valence-electron chi connectivity index (χ1n) is 6.19. The molecule has 0 radical (unpaired) electrons. The maximum absolute atomic E-state index is 11.2. The van der Waals surface area contributed by atoms with Crippen LogP contribution in [-0.4, -0.2) is 52.3 Å². The number of nitrogens with zero attached hydrogens (tertiary/aromatic N) is 3. The van der Waals surface area contributed by atoms with Crippen LogP contribution in [0.4, 0.5) is 0 Å². The van der Waals surface area contributed by atoms with Crippen molar-refractivity contribution in [1.29, 1.82) is 0 Å². The highest BCUT2D eigenvalue weighted by Gasteiger charge is 2.11. The van der Waals surface area contributed by atoms with Gasteiger partial charge in [0.1, 0.15) is 5.82 Å². The second-order valence-corrected chi connectivity index (χ2v) is 4.46. The molecule has 3 rings (SSSR count). The predicted octanol–water partition coefficient (Wildman–Crippen LogP) is -0.103. The Balaban J connectivity index is 1.68. The first-order valence-corrected chi connectivity index (χ1v) is 6.19. The number of aromatic amines is 1. The van der Waals surface area contributed by atoms with Gasteiger partial charge in [-0.05, 0) is 0 Å². The third-order valence-electron chi connectivity index (χ3n) is 3.17. The molecule has 3 heterocycles. The van der Waals surface area contributed by atoms with Gasteiger partial charge in [-0.2, -0.15) is 0 Å². The lowest BCUT2D eigenvalue weighted by Crippen LogP contribution is -2.37. The zero-order valence-electron chi connectivity index (χ0n) is 10.1. The lowest BCUT2D eigenvalue weighted by atomic mass is 10.3. The zero-order chi connectivity index (χ0) is 12.4. The summed E-state index contributed by atoms with van der Waals surface area (Å²) in [5, 5.41) is 3.17. The van der Waals surface area contributed by atoms with Crippen LogP contribution in [0.5, 0.6) is 0 Å². The van der Waals surface area contributed by atoms with Crippen molar-refractivity contribution in [3.8, 4) is 0 Å². The first-order chi connectivity index (χ1) is 8.81. The van der Waals surface area contributed by atoms with Gasteiger partial charge in [-0.25, -0.2) is 9.50 Å². The summed E-state index contributed by atoms with van der Waals surface area (Å²) in [4.78, 5) is 18.0. The Bertz CT molecular complexity index is 583. The van der Waals surface area contributed by atoms with E-state index in [1.165, 1.54) is 12.1 Å². The number of pyridine rings is 1. The summed E-state index contributed by atoms with van der Waals surface area (Å²) in [6, 6.07) is 3.06. The molecule has 1 fully saturated rings. The average molecular weight is 248 g/mol. The second kappa shape index (κ2) is 4.91. The Morgan fingerprint density at radius 2 is 2.22 bits per heavy atom. The average Bonchev–Trinajstić information content (AvgIpc) is 2.79. The van der Waals surface area contributed by atoms with E-state index in [4.69, 9.17) is 4.74 Å². The Morgan fingerprint density at radius 3 is 3.06 bits per heavy atom. The number of H-pyrrole nitrogens is 1. The molecule has 1 N–H and O–H groups in total. The van der Waals surface area contributed by atoms with E-state index in [0.29, 0.717) is 5.65 Å². The van der Waals surface area contributed by atoms with Gasteiger partial charge in [0, 0.05) is 44.4 Å². The van der Waals surface area contributed by atoms with E-state index in [-0.39, 0.29) is 5.43 Å². The summed E-state index contributed by atoms with van der Waals surface area (Å²) in [5.41, 5.74) is 0.667. The van der Waals surface area contributed by atoms with Gasteiger partial charge in [0.05, 0.1) is 13.2 Å². The smallest absolute Gasteiger partial charge is 0.183 e. The van der Waals surface area contributed by atoms with Crippen molar-refractivity contribution in [1.82, 2.24) is 19.5 Å². The molecule has 1 aliphatic rings. The lowest BCUT2D eigenvalue weighted by Gasteiger charge is -2.25. The molecule has 0 unspecified atom stereocenters. The highest BCUT2D eigenvalue weighted by atomic mass is 16.5. The molecular formula is C12H16N4O2. The molecule has 2 aromatic heterocycles. The number of hydrogen-bond acceptors (Lipinski definition) is 4. The molecule has 0 atom stereocenters. The maximum Gasteiger partial charge on any atom is 0.183 e. The summed E-state index contributed by atoms with van der Waals surface area (Å²) in [5.74, 6) is 0.909. The van der Waals surface area contributed by atoms with Gasteiger partial charge >= 0.3 is 0 Å². The molecule has 0 aliphatic carbocycles. The summed E-state index contributed by atoms with van der Waals surface area (Å²) in [6.07, 6.45) is 2.57. The van der Waals surface area contributed by atoms with Gasteiger partial charge < -0.3 is 4.74 Å². The van der Waals surface area contributed by atoms with E-state index < -0.39 is 0 Å². The minimum absolute atomic E-state index is 0.0128. The van der Waals surface area contributed by atoms with E-state index >= 15 is 0 Å². The van der Waals surface area contributed by atoms with Crippen LogP contribution in [-0.2, 0) is 11.2 Å². The SMILES string of the molecule is O=c1ccn2[nH]c(CCN3CCOCC3)nc2c1. The quantitative estimate of drug-likeness (QED) is 0.823. The number of aromatic nitrogens is 3. The van der Waals surface area contributed by atoms with Crippen molar-refractivity contribution in [2.75, 3.05) is 32.8 Å². The summed E-state index contributed by atoms with van der Waals surface area (Å²) < 4.78 is 7.08. The number of hydrogen-bond donors (Lipinski definition) is 1. The Kier molecular flexibility index (Phi) is 3.12. The highest BCUT2D eigenvalue weighted by molar-refractivity contribution is 5.36. The van der Waals surface area contributed by atoms with E-state index in [1.807, 2.05) is 0 Å². The van der Waals surface area contributed by atoms with Crippen molar-refractivity contribution in [3.63, 3.8) is 0 Å². The van der Waals surface area contributed by atoms with Crippen molar-refractivity contribution in [2.45, 2.75) is 6.42 Å². The molecule has 0 aromatic carbocycles. The first kappa shape index (κ1) is 11.4. The molecular weight excluding hydrogens is 232 g/mol. The van der Waals surface area contributed by atoms with Crippen molar-refractivity contribution >= 4 is 5.65 Å². The molecule has 6 nitrogen and oxygen atoms in total. The standard InChI is InChI=1S/C12H16N4O2/c17-10-1-4-16-12(9-10)13-11(14-16)2-3-15-5-7-18-8-6-15/h1,4,9H,2-3,5-8H2,(H,13,14). The molecule has 1 saturated heterocycles. The fraction of sp³-hybridized carbons (Fsp3) is 0.500. The monoisotopic (exact) mass is 248 g/mol. The van der Waals surface area contributed by atoms with E-state index in [9.17, 15) is 4.79 Å². The molecule has 6 heteroatoms. The van der Waals surface area contributed by atoms with Crippen LogP contribution in [0.3, 0.4) is 0 Å². The van der Waals surface area contributed by atoms with Crippen LogP contribution in [0, 0.1) is 0 Å². The van der Waals surface area contributed by atoms with Crippen LogP contribution < -0.4 is 5.43 Å². The van der Waals surface area contributed by atoms with Crippen LogP contribution in [0.25, 0.3) is 5.65 Å². The minimum Gasteiger partial charge on any atom is -0.379 e. The van der Waals surface area contributed by atoms with Crippen molar-refractivity contribution in [2.24, 2.45) is 0 Å². The Hall–Kier alpha value is -1.66. The fourth-order valence-corrected chi connectivity index (χ4v) is 2.15. The molecule has 0 bridgehead atoms. The normalized spacial score (nSPS) is 17.3. The van der Waals surface area contributed by atoms with Crippen molar-refractivity contribution < 1.29 is 4.74 Å². The maximum atomic E-state index is 11.2. The van der Waals surface area contributed by atoms with Gasteiger partial charge in [-0.15, -0.1) is 0 Å². The number of rotatable bonds is 3.